The predicted octanol–water partition coefficient (Wildman–Crippen LogP) is 2.76. The fourth-order valence-electron chi connectivity index (χ4n) is 3.50. The van der Waals surface area contributed by atoms with Gasteiger partial charge in [-0.1, -0.05) is 6.07 Å². The summed E-state index contributed by atoms with van der Waals surface area (Å²) in [5.41, 5.74) is 2.01. The molecular formula is C21H29N3O4. The standard InChI is InChI=1S/C21H29N3O4/c1-4-28-20(27)24-11-7-16(8-12-24)22-18(25)21(9-10-21)19(26)23-17-6-5-14(2)15(3)13-17/h5-6,13,16H,4,7-12H2,1-3H3,(H,22,25)(H,23,26). The third-order valence-electron chi connectivity index (χ3n) is 5.74. The van der Waals surface area contributed by atoms with Gasteiger partial charge in [-0.15, -0.1) is 0 Å². The average molecular weight is 387 g/mol. The Hall–Kier alpha value is -2.57. The van der Waals surface area contributed by atoms with Gasteiger partial charge in [-0.05, 0) is 69.7 Å². The van der Waals surface area contributed by atoms with Gasteiger partial charge in [-0.25, -0.2) is 4.79 Å². The first kappa shape index (κ1) is 20.2. The van der Waals surface area contributed by atoms with Crippen LogP contribution in [0, 0.1) is 19.3 Å². The fourth-order valence-corrected chi connectivity index (χ4v) is 3.50. The molecular weight excluding hydrogens is 358 g/mol. The molecule has 1 saturated carbocycles. The average Bonchev–Trinajstić information content (AvgIpc) is 3.48. The third kappa shape index (κ3) is 4.29. The van der Waals surface area contributed by atoms with Crippen molar-refractivity contribution in [1.82, 2.24) is 10.2 Å². The van der Waals surface area contributed by atoms with E-state index in [9.17, 15) is 14.4 Å². The van der Waals surface area contributed by atoms with E-state index in [2.05, 4.69) is 10.6 Å². The van der Waals surface area contributed by atoms with Crippen LogP contribution in [0.25, 0.3) is 0 Å². The number of carbonyl (C=O) groups excluding carboxylic acids is 3. The highest BCUT2D eigenvalue weighted by Crippen LogP contribution is 2.47. The van der Waals surface area contributed by atoms with Crippen LogP contribution in [0.1, 0.15) is 43.7 Å². The van der Waals surface area contributed by atoms with Crippen molar-refractivity contribution in [2.75, 3.05) is 25.0 Å². The second kappa shape index (κ2) is 8.20. The number of hydrogen-bond acceptors (Lipinski definition) is 4. The van der Waals surface area contributed by atoms with E-state index in [1.54, 1.807) is 11.8 Å². The quantitative estimate of drug-likeness (QED) is 0.761. The molecule has 0 radical (unpaired) electrons. The lowest BCUT2D eigenvalue weighted by molar-refractivity contribution is -0.135. The second-order valence-electron chi connectivity index (χ2n) is 7.77. The molecule has 7 nitrogen and oxygen atoms in total. The number of hydrogen-bond donors (Lipinski definition) is 2. The van der Waals surface area contributed by atoms with Crippen LogP contribution in [-0.4, -0.2) is 48.5 Å². The van der Waals surface area contributed by atoms with Crippen molar-refractivity contribution in [3.8, 4) is 0 Å². The summed E-state index contributed by atoms with van der Waals surface area (Å²) in [4.78, 5) is 39.0. The lowest BCUT2D eigenvalue weighted by Gasteiger charge is -2.32. The van der Waals surface area contributed by atoms with Gasteiger partial charge in [0.1, 0.15) is 5.41 Å². The molecule has 1 aliphatic heterocycles. The van der Waals surface area contributed by atoms with E-state index in [1.165, 1.54) is 0 Å². The number of likely N-dealkylation sites (tertiary alicyclic amines) is 1. The van der Waals surface area contributed by atoms with Crippen molar-refractivity contribution in [2.45, 2.75) is 52.5 Å². The first-order valence-corrected chi connectivity index (χ1v) is 9.97. The van der Waals surface area contributed by atoms with Crippen LogP contribution in [0.15, 0.2) is 18.2 Å². The summed E-state index contributed by atoms with van der Waals surface area (Å²) in [5.74, 6) is -0.444. The van der Waals surface area contributed by atoms with Crippen molar-refractivity contribution in [3.05, 3.63) is 29.3 Å². The molecule has 3 amide bonds. The monoisotopic (exact) mass is 387 g/mol. The van der Waals surface area contributed by atoms with Crippen LogP contribution in [0.5, 0.6) is 0 Å². The molecule has 0 atom stereocenters. The number of rotatable bonds is 5. The van der Waals surface area contributed by atoms with Crippen molar-refractivity contribution in [2.24, 2.45) is 5.41 Å². The van der Waals surface area contributed by atoms with Crippen molar-refractivity contribution < 1.29 is 19.1 Å². The van der Waals surface area contributed by atoms with E-state index >= 15 is 0 Å². The molecule has 1 aromatic rings. The summed E-state index contributed by atoms with van der Waals surface area (Å²) < 4.78 is 5.01. The van der Waals surface area contributed by atoms with E-state index in [4.69, 9.17) is 4.74 Å². The number of ether oxygens (including phenoxy) is 1. The van der Waals surface area contributed by atoms with Gasteiger partial charge in [-0.3, -0.25) is 9.59 Å². The molecule has 1 aromatic carbocycles. The maximum Gasteiger partial charge on any atom is 0.409 e. The van der Waals surface area contributed by atoms with Crippen molar-refractivity contribution >= 4 is 23.6 Å². The molecule has 2 fully saturated rings. The first-order chi connectivity index (χ1) is 13.4. The Balaban J connectivity index is 1.53. The Labute approximate surface area is 165 Å². The minimum atomic E-state index is -0.961. The summed E-state index contributed by atoms with van der Waals surface area (Å²) in [6, 6.07) is 5.72. The van der Waals surface area contributed by atoms with Crippen LogP contribution in [-0.2, 0) is 14.3 Å². The van der Waals surface area contributed by atoms with Gasteiger partial charge in [0.15, 0.2) is 0 Å². The zero-order valence-electron chi connectivity index (χ0n) is 16.8. The minimum Gasteiger partial charge on any atom is -0.450 e. The molecule has 2 aliphatic rings. The van der Waals surface area contributed by atoms with Gasteiger partial charge >= 0.3 is 6.09 Å². The molecule has 1 heterocycles. The number of aryl methyl sites for hydroxylation is 2. The molecule has 7 heteroatoms. The Morgan fingerprint density at radius 2 is 1.79 bits per heavy atom. The lowest BCUT2D eigenvalue weighted by atomic mass is 10.0. The number of nitrogens with one attached hydrogen (secondary N) is 2. The van der Waals surface area contributed by atoms with Gasteiger partial charge in [0, 0.05) is 24.8 Å². The van der Waals surface area contributed by atoms with Crippen molar-refractivity contribution in [3.63, 3.8) is 0 Å². The second-order valence-corrected chi connectivity index (χ2v) is 7.77. The summed E-state index contributed by atoms with van der Waals surface area (Å²) >= 11 is 0. The zero-order chi connectivity index (χ0) is 20.3. The minimum absolute atomic E-state index is 0.0231. The van der Waals surface area contributed by atoms with Gasteiger partial charge < -0.3 is 20.3 Å². The Morgan fingerprint density at radius 3 is 2.36 bits per heavy atom. The molecule has 3 rings (SSSR count). The Morgan fingerprint density at radius 1 is 1.11 bits per heavy atom. The highest BCUT2D eigenvalue weighted by atomic mass is 16.6. The lowest BCUT2D eigenvalue weighted by Crippen LogP contribution is -2.50. The van der Waals surface area contributed by atoms with E-state index in [0.717, 1.165) is 16.8 Å². The molecule has 2 N–H and O–H groups in total. The third-order valence-corrected chi connectivity index (χ3v) is 5.74. The van der Waals surface area contributed by atoms with E-state index < -0.39 is 5.41 Å². The van der Waals surface area contributed by atoms with Crippen LogP contribution < -0.4 is 10.6 Å². The summed E-state index contributed by atoms with van der Waals surface area (Å²) in [6.45, 7) is 7.24. The molecule has 0 bridgehead atoms. The van der Waals surface area contributed by atoms with E-state index in [1.807, 2.05) is 32.0 Å². The smallest absolute Gasteiger partial charge is 0.409 e. The fraction of sp³-hybridized carbons (Fsp3) is 0.571. The van der Waals surface area contributed by atoms with Crippen LogP contribution in [0.3, 0.4) is 0 Å². The molecule has 28 heavy (non-hydrogen) atoms. The normalized spacial score (nSPS) is 18.3. The highest BCUT2D eigenvalue weighted by Gasteiger charge is 2.56. The largest absolute Gasteiger partial charge is 0.450 e. The molecule has 152 valence electrons. The Kier molecular flexibility index (Phi) is 5.91. The van der Waals surface area contributed by atoms with Gasteiger partial charge in [-0.2, -0.15) is 0 Å². The zero-order valence-corrected chi connectivity index (χ0v) is 16.8. The molecule has 1 aliphatic carbocycles. The predicted molar refractivity (Wildman–Crippen MR) is 106 cm³/mol. The number of piperidine rings is 1. The maximum absolute atomic E-state index is 12.8. The van der Waals surface area contributed by atoms with Crippen molar-refractivity contribution in [1.29, 1.82) is 0 Å². The first-order valence-electron chi connectivity index (χ1n) is 9.97. The van der Waals surface area contributed by atoms with E-state index in [-0.39, 0.29) is 23.9 Å². The van der Waals surface area contributed by atoms with Gasteiger partial charge in [0.25, 0.3) is 0 Å². The van der Waals surface area contributed by atoms with E-state index in [0.29, 0.717) is 45.4 Å². The number of amides is 3. The summed E-state index contributed by atoms with van der Waals surface area (Å²) in [7, 11) is 0. The molecule has 0 unspecified atom stereocenters. The number of benzene rings is 1. The molecule has 0 aromatic heterocycles. The summed E-state index contributed by atoms with van der Waals surface area (Å²) in [6.07, 6.45) is 2.16. The Bertz CT molecular complexity index is 765. The van der Waals surface area contributed by atoms with Gasteiger partial charge in [0.2, 0.25) is 11.8 Å². The number of carbonyl (C=O) groups is 3. The topological polar surface area (TPSA) is 87.7 Å². The van der Waals surface area contributed by atoms with Crippen LogP contribution in [0.4, 0.5) is 10.5 Å². The van der Waals surface area contributed by atoms with Crippen LogP contribution >= 0.6 is 0 Å². The number of anilines is 1. The highest BCUT2D eigenvalue weighted by molar-refractivity contribution is 6.13. The number of nitrogens with zero attached hydrogens (tertiary/aromatic N) is 1. The summed E-state index contributed by atoms with van der Waals surface area (Å²) in [5, 5.41) is 5.92. The molecule has 0 spiro atoms. The SMILES string of the molecule is CCOC(=O)N1CCC(NC(=O)C2(C(=O)Nc3ccc(C)c(C)c3)CC2)CC1. The van der Waals surface area contributed by atoms with Gasteiger partial charge in [0.05, 0.1) is 6.61 Å². The van der Waals surface area contributed by atoms with Crippen LogP contribution in [0.2, 0.25) is 0 Å². The maximum atomic E-state index is 12.8. The molecule has 1 saturated heterocycles.